The number of aromatic amines is 1. The molecular weight excluding hydrogens is 268 g/mol. The molecule has 2 aromatic rings. The van der Waals surface area contributed by atoms with Crippen molar-refractivity contribution in [2.45, 2.75) is 32.7 Å². The summed E-state index contributed by atoms with van der Waals surface area (Å²) in [6.45, 7) is 4.88. The minimum absolute atomic E-state index is 0.160. The van der Waals surface area contributed by atoms with Gasteiger partial charge < -0.3 is 15.6 Å². The van der Waals surface area contributed by atoms with E-state index in [4.69, 9.17) is 0 Å². The van der Waals surface area contributed by atoms with Crippen molar-refractivity contribution in [3.63, 3.8) is 0 Å². The SMILES string of the molecule is CCCNc1ccc(C(=O)NC(CC)c2ncc[nH]2)nn1. The zero-order chi connectivity index (χ0) is 15.1. The van der Waals surface area contributed by atoms with Gasteiger partial charge in [0.2, 0.25) is 0 Å². The number of nitrogens with zero attached hydrogens (tertiary/aromatic N) is 3. The first-order valence-corrected chi connectivity index (χ1v) is 7.12. The number of amides is 1. The molecule has 0 aliphatic heterocycles. The number of imidazole rings is 1. The average molecular weight is 288 g/mol. The normalized spacial score (nSPS) is 11.9. The van der Waals surface area contributed by atoms with E-state index < -0.39 is 0 Å². The van der Waals surface area contributed by atoms with Crippen molar-refractivity contribution < 1.29 is 4.79 Å². The van der Waals surface area contributed by atoms with Gasteiger partial charge in [0, 0.05) is 18.9 Å². The molecule has 2 aromatic heterocycles. The van der Waals surface area contributed by atoms with E-state index in [9.17, 15) is 4.79 Å². The highest BCUT2D eigenvalue weighted by atomic mass is 16.2. The van der Waals surface area contributed by atoms with E-state index in [1.54, 1.807) is 24.5 Å². The summed E-state index contributed by atoms with van der Waals surface area (Å²) in [5, 5.41) is 13.9. The zero-order valence-corrected chi connectivity index (χ0v) is 12.3. The maximum absolute atomic E-state index is 12.2. The first-order chi connectivity index (χ1) is 10.2. The third-order valence-electron chi connectivity index (χ3n) is 3.02. The molecule has 0 fully saturated rings. The molecule has 3 N–H and O–H groups in total. The molecule has 0 radical (unpaired) electrons. The third kappa shape index (κ3) is 4.01. The smallest absolute Gasteiger partial charge is 0.272 e. The molecule has 0 saturated carbocycles. The van der Waals surface area contributed by atoms with Crippen LogP contribution in [-0.4, -0.2) is 32.6 Å². The van der Waals surface area contributed by atoms with Gasteiger partial charge in [0.15, 0.2) is 5.69 Å². The highest BCUT2D eigenvalue weighted by Gasteiger charge is 2.17. The largest absolute Gasteiger partial charge is 0.369 e. The Morgan fingerprint density at radius 1 is 1.33 bits per heavy atom. The van der Waals surface area contributed by atoms with E-state index in [0.717, 1.165) is 25.2 Å². The Bertz CT molecular complexity index is 551. The molecular formula is C14H20N6O. The Kier molecular flexibility index (Phi) is 5.25. The molecule has 7 heteroatoms. The van der Waals surface area contributed by atoms with Gasteiger partial charge in [-0.05, 0) is 25.0 Å². The van der Waals surface area contributed by atoms with Crippen LogP contribution in [0.25, 0.3) is 0 Å². The Labute approximate surface area is 123 Å². The van der Waals surface area contributed by atoms with Crippen LogP contribution < -0.4 is 10.6 Å². The lowest BCUT2D eigenvalue weighted by atomic mass is 10.2. The van der Waals surface area contributed by atoms with Crippen LogP contribution in [0.5, 0.6) is 0 Å². The lowest BCUT2D eigenvalue weighted by molar-refractivity contribution is 0.0928. The van der Waals surface area contributed by atoms with Crippen LogP contribution in [0.1, 0.15) is 49.0 Å². The quantitative estimate of drug-likeness (QED) is 0.723. The Balaban J connectivity index is 1.99. The van der Waals surface area contributed by atoms with Crippen molar-refractivity contribution in [1.82, 2.24) is 25.5 Å². The number of hydrogen-bond acceptors (Lipinski definition) is 5. The van der Waals surface area contributed by atoms with Crippen molar-refractivity contribution >= 4 is 11.7 Å². The fourth-order valence-corrected chi connectivity index (χ4v) is 1.86. The highest BCUT2D eigenvalue weighted by Crippen LogP contribution is 2.12. The van der Waals surface area contributed by atoms with E-state index in [-0.39, 0.29) is 11.9 Å². The van der Waals surface area contributed by atoms with E-state index in [1.807, 2.05) is 6.92 Å². The Morgan fingerprint density at radius 2 is 2.19 bits per heavy atom. The highest BCUT2D eigenvalue weighted by molar-refractivity contribution is 5.92. The number of anilines is 1. The number of carbonyl (C=O) groups is 1. The van der Waals surface area contributed by atoms with Crippen LogP contribution in [0.15, 0.2) is 24.5 Å². The monoisotopic (exact) mass is 288 g/mol. The predicted molar refractivity (Wildman–Crippen MR) is 79.9 cm³/mol. The molecule has 0 aromatic carbocycles. The van der Waals surface area contributed by atoms with Crippen molar-refractivity contribution in [1.29, 1.82) is 0 Å². The average Bonchev–Trinajstić information content (AvgIpc) is 3.05. The first-order valence-electron chi connectivity index (χ1n) is 7.12. The third-order valence-corrected chi connectivity index (χ3v) is 3.02. The maximum atomic E-state index is 12.2. The lowest BCUT2D eigenvalue weighted by Crippen LogP contribution is -2.29. The van der Waals surface area contributed by atoms with E-state index >= 15 is 0 Å². The summed E-state index contributed by atoms with van der Waals surface area (Å²) >= 11 is 0. The van der Waals surface area contributed by atoms with Crippen molar-refractivity contribution in [2.75, 3.05) is 11.9 Å². The molecule has 0 saturated heterocycles. The standard InChI is InChI=1S/C14H20N6O/c1-3-7-15-12-6-5-11(19-20-12)14(21)18-10(4-2)13-16-8-9-17-13/h5-6,8-10H,3-4,7H2,1-2H3,(H,15,20)(H,16,17)(H,18,21). The van der Waals surface area contributed by atoms with Gasteiger partial charge in [0.1, 0.15) is 11.6 Å². The van der Waals surface area contributed by atoms with E-state index in [0.29, 0.717) is 11.5 Å². The van der Waals surface area contributed by atoms with Gasteiger partial charge in [-0.15, -0.1) is 10.2 Å². The molecule has 1 unspecified atom stereocenters. The maximum Gasteiger partial charge on any atom is 0.272 e. The second-order valence-corrected chi connectivity index (χ2v) is 4.64. The topological polar surface area (TPSA) is 95.6 Å². The summed E-state index contributed by atoms with van der Waals surface area (Å²) in [6.07, 6.45) is 5.14. The minimum Gasteiger partial charge on any atom is -0.369 e. The minimum atomic E-state index is -0.257. The summed E-state index contributed by atoms with van der Waals surface area (Å²) < 4.78 is 0. The summed E-state index contributed by atoms with van der Waals surface area (Å²) in [4.78, 5) is 19.3. The van der Waals surface area contributed by atoms with Gasteiger partial charge in [0.05, 0.1) is 6.04 Å². The number of aromatic nitrogens is 4. The molecule has 0 aliphatic carbocycles. The molecule has 0 aliphatic rings. The fraction of sp³-hybridized carbons (Fsp3) is 0.429. The molecule has 2 heterocycles. The second-order valence-electron chi connectivity index (χ2n) is 4.64. The number of hydrogen-bond donors (Lipinski definition) is 3. The Hall–Kier alpha value is -2.44. The van der Waals surface area contributed by atoms with E-state index in [2.05, 4.69) is 37.7 Å². The van der Waals surface area contributed by atoms with E-state index in [1.165, 1.54) is 0 Å². The number of rotatable bonds is 7. The van der Waals surface area contributed by atoms with Gasteiger partial charge in [-0.2, -0.15) is 0 Å². The van der Waals surface area contributed by atoms with Crippen LogP contribution in [-0.2, 0) is 0 Å². The first kappa shape index (κ1) is 15.0. The van der Waals surface area contributed by atoms with Gasteiger partial charge >= 0.3 is 0 Å². The van der Waals surface area contributed by atoms with Crippen LogP contribution in [0.2, 0.25) is 0 Å². The van der Waals surface area contributed by atoms with Crippen molar-refractivity contribution in [2.24, 2.45) is 0 Å². The van der Waals surface area contributed by atoms with Gasteiger partial charge in [0.25, 0.3) is 5.91 Å². The molecule has 112 valence electrons. The Morgan fingerprint density at radius 3 is 2.76 bits per heavy atom. The number of carbonyl (C=O) groups excluding carboxylic acids is 1. The zero-order valence-electron chi connectivity index (χ0n) is 12.3. The van der Waals surface area contributed by atoms with Crippen molar-refractivity contribution in [3.8, 4) is 0 Å². The summed E-state index contributed by atoms with van der Waals surface area (Å²) in [7, 11) is 0. The molecule has 21 heavy (non-hydrogen) atoms. The summed E-state index contributed by atoms with van der Waals surface area (Å²) in [5.74, 6) is 1.15. The summed E-state index contributed by atoms with van der Waals surface area (Å²) in [6, 6.07) is 3.26. The molecule has 1 amide bonds. The van der Waals surface area contributed by atoms with Crippen molar-refractivity contribution in [3.05, 3.63) is 36.0 Å². The predicted octanol–water partition coefficient (Wildman–Crippen LogP) is 1.90. The van der Waals surface area contributed by atoms with Crippen LogP contribution in [0, 0.1) is 0 Å². The molecule has 7 nitrogen and oxygen atoms in total. The second kappa shape index (κ2) is 7.37. The number of H-pyrrole nitrogens is 1. The lowest BCUT2D eigenvalue weighted by Gasteiger charge is -2.14. The number of nitrogens with one attached hydrogen (secondary N) is 3. The summed E-state index contributed by atoms with van der Waals surface area (Å²) in [5.41, 5.74) is 0.294. The molecule has 0 bridgehead atoms. The van der Waals surface area contributed by atoms with Crippen LogP contribution >= 0.6 is 0 Å². The molecule has 0 spiro atoms. The van der Waals surface area contributed by atoms with Crippen LogP contribution in [0.4, 0.5) is 5.82 Å². The fourth-order valence-electron chi connectivity index (χ4n) is 1.86. The van der Waals surface area contributed by atoms with Crippen LogP contribution in [0.3, 0.4) is 0 Å². The molecule has 2 rings (SSSR count). The molecule has 1 atom stereocenters. The van der Waals surface area contributed by atoms with Gasteiger partial charge in [-0.1, -0.05) is 13.8 Å². The van der Waals surface area contributed by atoms with Gasteiger partial charge in [-0.25, -0.2) is 4.98 Å². The van der Waals surface area contributed by atoms with Gasteiger partial charge in [-0.3, -0.25) is 4.79 Å².